The van der Waals surface area contributed by atoms with Crippen LogP contribution in [-0.4, -0.2) is 44.3 Å². The summed E-state index contributed by atoms with van der Waals surface area (Å²) in [6, 6.07) is 0. The molecular formula is C11H26N2O. The summed E-state index contributed by atoms with van der Waals surface area (Å²) >= 11 is 0. The van der Waals surface area contributed by atoms with Crippen LogP contribution in [0.1, 0.15) is 27.2 Å². The van der Waals surface area contributed by atoms with E-state index in [1.807, 2.05) is 6.92 Å². The molecule has 0 bridgehead atoms. The van der Waals surface area contributed by atoms with E-state index in [0.29, 0.717) is 5.92 Å². The van der Waals surface area contributed by atoms with Gasteiger partial charge in [0.1, 0.15) is 0 Å². The summed E-state index contributed by atoms with van der Waals surface area (Å²) in [6.45, 7) is 12.2. The Morgan fingerprint density at radius 3 is 2.57 bits per heavy atom. The Labute approximate surface area is 88.6 Å². The van der Waals surface area contributed by atoms with Crippen LogP contribution in [0.5, 0.6) is 0 Å². The molecule has 0 radical (unpaired) electrons. The summed E-state index contributed by atoms with van der Waals surface area (Å²) in [7, 11) is 0. The van der Waals surface area contributed by atoms with Gasteiger partial charge in [0.25, 0.3) is 0 Å². The molecule has 2 N–H and O–H groups in total. The minimum absolute atomic E-state index is 0.696. The molecule has 0 rings (SSSR count). The number of likely N-dealkylation sites (N-methyl/N-ethyl adjacent to an activating group) is 1. The Bertz CT molecular complexity index is 120. The van der Waals surface area contributed by atoms with Crippen LogP contribution in [0.3, 0.4) is 0 Å². The lowest BCUT2D eigenvalue weighted by molar-refractivity contribution is 0.109. The first-order chi connectivity index (χ1) is 6.74. The maximum Gasteiger partial charge on any atom is 0.0593 e. The van der Waals surface area contributed by atoms with Crippen LogP contribution in [0.15, 0.2) is 0 Å². The average molecular weight is 202 g/mol. The van der Waals surface area contributed by atoms with Gasteiger partial charge in [-0.3, -0.25) is 0 Å². The van der Waals surface area contributed by atoms with E-state index < -0.39 is 0 Å². The molecule has 0 aromatic rings. The summed E-state index contributed by atoms with van der Waals surface area (Å²) in [5.74, 6) is 0.696. The summed E-state index contributed by atoms with van der Waals surface area (Å²) in [5.41, 5.74) is 5.53. The van der Waals surface area contributed by atoms with E-state index in [0.717, 1.165) is 45.8 Å². The van der Waals surface area contributed by atoms with E-state index in [-0.39, 0.29) is 0 Å². The Balaban J connectivity index is 3.55. The predicted octanol–water partition coefficient (Wildman–Crippen LogP) is 1.33. The number of nitrogens with two attached hydrogens (primary N) is 1. The van der Waals surface area contributed by atoms with Gasteiger partial charge < -0.3 is 15.4 Å². The van der Waals surface area contributed by atoms with Crippen LogP contribution in [-0.2, 0) is 4.74 Å². The Morgan fingerprint density at radius 1 is 1.36 bits per heavy atom. The number of nitrogens with zero attached hydrogens (tertiary/aromatic N) is 1. The van der Waals surface area contributed by atoms with E-state index in [1.54, 1.807) is 0 Å². The summed E-state index contributed by atoms with van der Waals surface area (Å²) < 4.78 is 5.34. The fourth-order valence-corrected chi connectivity index (χ4v) is 1.53. The molecule has 0 aromatic carbocycles. The predicted molar refractivity (Wildman–Crippen MR) is 61.4 cm³/mol. The van der Waals surface area contributed by atoms with Crippen LogP contribution >= 0.6 is 0 Å². The van der Waals surface area contributed by atoms with Crippen molar-refractivity contribution in [1.82, 2.24) is 4.90 Å². The highest BCUT2D eigenvalue weighted by molar-refractivity contribution is 4.61. The normalized spacial score (nSPS) is 13.5. The number of rotatable bonds is 9. The zero-order chi connectivity index (χ0) is 10.8. The lowest BCUT2D eigenvalue weighted by Gasteiger charge is -2.23. The first-order valence-corrected chi connectivity index (χ1v) is 5.74. The molecule has 3 nitrogen and oxygen atoms in total. The zero-order valence-electron chi connectivity index (χ0n) is 9.96. The molecule has 3 heteroatoms. The topological polar surface area (TPSA) is 38.5 Å². The molecule has 0 amide bonds. The number of ether oxygens (including phenoxy) is 1. The third-order valence-electron chi connectivity index (χ3n) is 2.43. The zero-order valence-corrected chi connectivity index (χ0v) is 9.96. The van der Waals surface area contributed by atoms with E-state index in [1.165, 1.54) is 0 Å². The molecule has 0 aliphatic carbocycles. The van der Waals surface area contributed by atoms with Crippen LogP contribution in [0.2, 0.25) is 0 Å². The van der Waals surface area contributed by atoms with Gasteiger partial charge in [0.05, 0.1) is 6.61 Å². The lowest BCUT2D eigenvalue weighted by atomic mass is 10.1. The third kappa shape index (κ3) is 7.30. The Kier molecular flexibility index (Phi) is 9.35. The van der Waals surface area contributed by atoms with Gasteiger partial charge in [0.2, 0.25) is 0 Å². The van der Waals surface area contributed by atoms with E-state index in [9.17, 15) is 0 Å². The first kappa shape index (κ1) is 13.9. The van der Waals surface area contributed by atoms with Crippen LogP contribution < -0.4 is 5.73 Å². The molecule has 0 aliphatic rings. The Hall–Kier alpha value is -0.120. The average Bonchev–Trinajstić information content (AvgIpc) is 2.17. The van der Waals surface area contributed by atoms with Gasteiger partial charge in [-0.2, -0.15) is 0 Å². The van der Waals surface area contributed by atoms with Gasteiger partial charge in [-0.1, -0.05) is 13.8 Å². The first-order valence-electron chi connectivity index (χ1n) is 5.74. The molecule has 0 heterocycles. The molecule has 86 valence electrons. The SMILES string of the molecule is CCOCCN(CC)CC(C)CCN. The third-order valence-corrected chi connectivity index (χ3v) is 2.43. The maximum absolute atomic E-state index is 5.53. The second kappa shape index (κ2) is 9.44. The van der Waals surface area contributed by atoms with Gasteiger partial charge in [-0.25, -0.2) is 0 Å². The second-order valence-electron chi connectivity index (χ2n) is 3.77. The smallest absolute Gasteiger partial charge is 0.0593 e. The van der Waals surface area contributed by atoms with Gasteiger partial charge in [-0.05, 0) is 32.4 Å². The summed E-state index contributed by atoms with van der Waals surface area (Å²) in [6.07, 6.45) is 1.12. The van der Waals surface area contributed by atoms with Crippen LogP contribution in [0.4, 0.5) is 0 Å². The van der Waals surface area contributed by atoms with Crippen molar-refractivity contribution in [3.63, 3.8) is 0 Å². The molecule has 0 saturated carbocycles. The molecule has 14 heavy (non-hydrogen) atoms. The molecular weight excluding hydrogens is 176 g/mol. The molecule has 0 saturated heterocycles. The monoisotopic (exact) mass is 202 g/mol. The highest BCUT2D eigenvalue weighted by Gasteiger charge is 2.07. The maximum atomic E-state index is 5.53. The van der Waals surface area contributed by atoms with Crippen molar-refractivity contribution in [3.05, 3.63) is 0 Å². The van der Waals surface area contributed by atoms with E-state index in [2.05, 4.69) is 18.7 Å². The van der Waals surface area contributed by atoms with Gasteiger partial charge in [-0.15, -0.1) is 0 Å². The fourth-order valence-electron chi connectivity index (χ4n) is 1.53. The van der Waals surface area contributed by atoms with E-state index >= 15 is 0 Å². The van der Waals surface area contributed by atoms with Gasteiger partial charge >= 0.3 is 0 Å². The van der Waals surface area contributed by atoms with Crippen LogP contribution in [0.25, 0.3) is 0 Å². The molecule has 0 fully saturated rings. The number of hydrogen-bond donors (Lipinski definition) is 1. The molecule has 0 aliphatic heterocycles. The highest BCUT2D eigenvalue weighted by Crippen LogP contribution is 2.03. The van der Waals surface area contributed by atoms with Crippen molar-refractivity contribution in [3.8, 4) is 0 Å². The van der Waals surface area contributed by atoms with Crippen LogP contribution in [0, 0.1) is 5.92 Å². The minimum Gasteiger partial charge on any atom is -0.380 e. The van der Waals surface area contributed by atoms with Crippen molar-refractivity contribution in [2.75, 3.05) is 39.4 Å². The van der Waals surface area contributed by atoms with Gasteiger partial charge in [0, 0.05) is 19.7 Å². The van der Waals surface area contributed by atoms with Gasteiger partial charge in [0.15, 0.2) is 0 Å². The minimum atomic E-state index is 0.696. The molecule has 1 atom stereocenters. The molecule has 0 spiro atoms. The molecule has 0 aromatic heterocycles. The quantitative estimate of drug-likeness (QED) is 0.573. The largest absolute Gasteiger partial charge is 0.380 e. The van der Waals surface area contributed by atoms with Crippen molar-refractivity contribution >= 4 is 0 Å². The summed E-state index contributed by atoms with van der Waals surface area (Å²) in [5, 5.41) is 0. The highest BCUT2D eigenvalue weighted by atomic mass is 16.5. The van der Waals surface area contributed by atoms with Crippen molar-refractivity contribution in [2.45, 2.75) is 27.2 Å². The second-order valence-corrected chi connectivity index (χ2v) is 3.77. The molecule has 1 unspecified atom stereocenters. The number of hydrogen-bond acceptors (Lipinski definition) is 3. The van der Waals surface area contributed by atoms with Crippen molar-refractivity contribution in [2.24, 2.45) is 11.7 Å². The lowest BCUT2D eigenvalue weighted by Crippen LogP contribution is -2.32. The Morgan fingerprint density at radius 2 is 2.07 bits per heavy atom. The van der Waals surface area contributed by atoms with Crippen molar-refractivity contribution in [1.29, 1.82) is 0 Å². The fraction of sp³-hybridized carbons (Fsp3) is 1.00. The van der Waals surface area contributed by atoms with Crippen molar-refractivity contribution < 1.29 is 4.74 Å². The summed E-state index contributed by atoms with van der Waals surface area (Å²) in [4.78, 5) is 2.43. The standard InChI is InChI=1S/C11H26N2O/c1-4-13(8-9-14-5-2)10-11(3)6-7-12/h11H,4-10,12H2,1-3H3. The van der Waals surface area contributed by atoms with E-state index in [4.69, 9.17) is 10.5 Å².